The first-order valence-electron chi connectivity index (χ1n) is 16.2. The van der Waals surface area contributed by atoms with Gasteiger partial charge in [0.05, 0.1) is 18.2 Å². The number of nitrogens with zero attached hydrogens (tertiary/aromatic N) is 3. The maximum Gasteiger partial charge on any atom is 0.123 e. The number of benzene rings is 4. The summed E-state index contributed by atoms with van der Waals surface area (Å²) in [6.07, 6.45) is 8.65. The summed E-state index contributed by atoms with van der Waals surface area (Å²) in [6, 6.07) is 32.1. The van der Waals surface area contributed by atoms with Crippen LogP contribution in [0.2, 0.25) is 0 Å². The summed E-state index contributed by atoms with van der Waals surface area (Å²) >= 11 is 0. The summed E-state index contributed by atoms with van der Waals surface area (Å²) in [4.78, 5) is 4.57. The second-order valence-electron chi connectivity index (χ2n) is 12.8. The standard InChI is InChI=1S/C21H21N.C20H21FN2O/c1-22-14-12-18(13-15-22)21-19-8-4-2-6-16(19)10-11-17-7-3-5-9-20(17)21;1-23(2)11-3-10-20(17-5-7-18(21)8-6-17)19-9-4-15(13-22)12-16(19)14-24-20/h2-11H,12-15H2,1H3;4-9,12H,3,10-11,14H2,1-2H3. The van der Waals surface area contributed by atoms with E-state index in [1.54, 1.807) is 17.7 Å². The lowest BCUT2D eigenvalue weighted by Crippen LogP contribution is -2.28. The molecule has 234 valence electrons. The molecule has 4 aromatic carbocycles. The number of hydrogen-bond donors (Lipinski definition) is 0. The van der Waals surface area contributed by atoms with E-state index >= 15 is 0 Å². The van der Waals surface area contributed by atoms with Crippen molar-refractivity contribution in [3.05, 3.63) is 147 Å². The monoisotopic (exact) mass is 611 g/mol. The Morgan fingerprint density at radius 1 is 0.870 bits per heavy atom. The molecule has 1 atom stereocenters. The highest BCUT2D eigenvalue weighted by molar-refractivity contribution is 5.94. The van der Waals surface area contributed by atoms with Crippen molar-refractivity contribution in [2.75, 3.05) is 40.8 Å². The highest BCUT2D eigenvalue weighted by Crippen LogP contribution is 2.45. The zero-order chi connectivity index (χ0) is 32.1. The molecule has 1 fully saturated rings. The molecular formula is C41H42FN3O. The fourth-order valence-electron chi connectivity index (χ4n) is 6.99. The van der Waals surface area contributed by atoms with Gasteiger partial charge in [0.15, 0.2) is 0 Å². The molecule has 7 rings (SSSR count). The maximum absolute atomic E-state index is 13.4. The van der Waals surface area contributed by atoms with E-state index in [1.165, 1.54) is 52.8 Å². The highest BCUT2D eigenvalue weighted by Gasteiger charge is 2.41. The quantitative estimate of drug-likeness (QED) is 0.200. The Morgan fingerprint density at radius 3 is 2.11 bits per heavy atom. The minimum atomic E-state index is -0.562. The maximum atomic E-state index is 13.4. The number of piperidine rings is 1. The van der Waals surface area contributed by atoms with Crippen LogP contribution < -0.4 is 0 Å². The van der Waals surface area contributed by atoms with E-state index in [9.17, 15) is 4.39 Å². The SMILES string of the molecule is CN(C)CCCC1(c2ccc(F)cc2)OCc2cc(C#N)ccc21.CN1CCC(=C2c3ccccc3C=Cc3ccccc32)CC1. The first-order valence-corrected chi connectivity index (χ1v) is 16.2. The molecule has 0 N–H and O–H groups in total. The summed E-state index contributed by atoms with van der Waals surface area (Å²) in [5.41, 5.74) is 11.7. The Bertz CT molecular complexity index is 1740. The zero-order valence-electron chi connectivity index (χ0n) is 27.1. The number of fused-ring (bicyclic) bond motifs is 3. The van der Waals surface area contributed by atoms with Crippen molar-refractivity contribution >= 4 is 17.7 Å². The van der Waals surface area contributed by atoms with Crippen LogP contribution in [0.15, 0.2) is 96.6 Å². The van der Waals surface area contributed by atoms with Gasteiger partial charge >= 0.3 is 0 Å². The van der Waals surface area contributed by atoms with Crippen LogP contribution in [0.5, 0.6) is 0 Å². The normalized spacial score (nSPS) is 18.6. The molecular weight excluding hydrogens is 569 g/mol. The molecule has 2 aliphatic heterocycles. The summed E-state index contributed by atoms with van der Waals surface area (Å²) in [5.74, 6) is -0.250. The molecule has 0 spiro atoms. The van der Waals surface area contributed by atoms with Gasteiger partial charge in [-0.2, -0.15) is 5.26 Å². The van der Waals surface area contributed by atoms with Crippen LogP contribution >= 0.6 is 0 Å². The van der Waals surface area contributed by atoms with Crippen LogP contribution in [-0.4, -0.2) is 50.6 Å². The Morgan fingerprint density at radius 2 is 1.50 bits per heavy atom. The molecule has 1 aliphatic carbocycles. The van der Waals surface area contributed by atoms with E-state index in [0.29, 0.717) is 12.2 Å². The minimum absolute atomic E-state index is 0.250. The number of hydrogen-bond acceptors (Lipinski definition) is 4. The lowest BCUT2D eigenvalue weighted by atomic mass is 9.81. The molecule has 4 nitrogen and oxygen atoms in total. The molecule has 4 aromatic rings. The minimum Gasteiger partial charge on any atom is -0.361 e. The fraction of sp³-hybridized carbons (Fsp3) is 0.293. The van der Waals surface area contributed by atoms with Gasteiger partial charge in [0.1, 0.15) is 11.4 Å². The molecule has 0 radical (unpaired) electrons. The average molecular weight is 612 g/mol. The molecule has 5 heteroatoms. The molecule has 0 amide bonds. The predicted molar refractivity (Wildman–Crippen MR) is 185 cm³/mol. The van der Waals surface area contributed by atoms with E-state index in [2.05, 4.69) is 83.6 Å². The molecule has 0 bridgehead atoms. The largest absolute Gasteiger partial charge is 0.361 e. The van der Waals surface area contributed by atoms with Crippen LogP contribution in [0, 0.1) is 17.1 Å². The van der Waals surface area contributed by atoms with E-state index < -0.39 is 5.60 Å². The van der Waals surface area contributed by atoms with Crippen molar-refractivity contribution < 1.29 is 9.13 Å². The van der Waals surface area contributed by atoms with E-state index in [4.69, 9.17) is 10.00 Å². The van der Waals surface area contributed by atoms with Crippen molar-refractivity contribution in [1.82, 2.24) is 9.80 Å². The summed E-state index contributed by atoms with van der Waals surface area (Å²) in [6.45, 7) is 3.76. The first kappa shape index (κ1) is 31.6. The van der Waals surface area contributed by atoms with Gasteiger partial charge in [-0.05, 0) is 122 Å². The summed E-state index contributed by atoms with van der Waals surface area (Å²) in [7, 11) is 6.32. The van der Waals surface area contributed by atoms with Gasteiger partial charge in [-0.15, -0.1) is 0 Å². The van der Waals surface area contributed by atoms with Crippen molar-refractivity contribution in [1.29, 1.82) is 5.26 Å². The second kappa shape index (κ2) is 14.0. The van der Waals surface area contributed by atoms with E-state index in [-0.39, 0.29) is 5.82 Å². The molecule has 2 heterocycles. The first-order chi connectivity index (χ1) is 22.4. The smallest absolute Gasteiger partial charge is 0.123 e. The number of likely N-dealkylation sites (tertiary alicyclic amines) is 1. The van der Waals surface area contributed by atoms with Gasteiger partial charge in [0.25, 0.3) is 0 Å². The van der Waals surface area contributed by atoms with E-state index in [1.807, 2.05) is 32.3 Å². The second-order valence-corrected chi connectivity index (χ2v) is 12.8. The number of ether oxygens (including phenoxy) is 1. The van der Waals surface area contributed by atoms with Crippen LogP contribution in [0.4, 0.5) is 4.39 Å². The number of halogens is 1. The topological polar surface area (TPSA) is 39.5 Å². The lowest BCUT2D eigenvalue weighted by molar-refractivity contribution is -0.0140. The van der Waals surface area contributed by atoms with Gasteiger partial charge < -0.3 is 14.5 Å². The summed E-state index contributed by atoms with van der Waals surface area (Å²) in [5, 5.41) is 9.11. The molecule has 46 heavy (non-hydrogen) atoms. The predicted octanol–water partition coefficient (Wildman–Crippen LogP) is 8.51. The average Bonchev–Trinajstić information content (AvgIpc) is 3.35. The Labute approximate surface area is 273 Å². The molecule has 3 aliphatic rings. The van der Waals surface area contributed by atoms with Gasteiger partial charge in [0, 0.05) is 13.1 Å². The van der Waals surface area contributed by atoms with Gasteiger partial charge in [-0.25, -0.2) is 4.39 Å². The lowest BCUT2D eigenvalue weighted by Gasteiger charge is -2.31. The molecule has 1 unspecified atom stereocenters. The Hall–Kier alpha value is -4.34. The highest BCUT2D eigenvalue weighted by atomic mass is 19.1. The number of nitriles is 1. The van der Waals surface area contributed by atoms with Gasteiger partial charge in [-0.3, -0.25) is 0 Å². The Balaban J connectivity index is 0.000000162. The molecule has 0 saturated carbocycles. The molecule has 0 aromatic heterocycles. The van der Waals surface area contributed by atoms with Crippen LogP contribution in [0.25, 0.3) is 17.7 Å². The zero-order valence-corrected chi connectivity index (χ0v) is 27.1. The van der Waals surface area contributed by atoms with Crippen molar-refractivity contribution in [3.8, 4) is 6.07 Å². The number of rotatable bonds is 5. The van der Waals surface area contributed by atoms with Crippen LogP contribution in [0.3, 0.4) is 0 Å². The van der Waals surface area contributed by atoms with Gasteiger partial charge in [-0.1, -0.05) is 84.5 Å². The third-order valence-electron chi connectivity index (χ3n) is 9.44. The van der Waals surface area contributed by atoms with Crippen LogP contribution in [0.1, 0.15) is 70.2 Å². The van der Waals surface area contributed by atoms with Crippen LogP contribution in [-0.2, 0) is 16.9 Å². The Kier molecular flexibility index (Phi) is 9.61. The third kappa shape index (κ3) is 6.62. The third-order valence-corrected chi connectivity index (χ3v) is 9.44. The molecule has 1 saturated heterocycles. The van der Waals surface area contributed by atoms with Crippen molar-refractivity contribution in [2.45, 2.75) is 37.9 Å². The van der Waals surface area contributed by atoms with Gasteiger partial charge in [0.2, 0.25) is 0 Å². The summed E-state index contributed by atoms with van der Waals surface area (Å²) < 4.78 is 19.6. The van der Waals surface area contributed by atoms with Crippen molar-refractivity contribution in [2.24, 2.45) is 0 Å². The van der Waals surface area contributed by atoms with Crippen molar-refractivity contribution in [3.63, 3.8) is 0 Å². The van der Waals surface area contributed by atoms with E-state index in [0.717, 1.165) is 49.2 Å². The fourth-order valence-corrected chi connectivity index (χ4v) is 6.99.